The van der Waals surface area contributed by atoms with Crippen LogP contribution in [0.3, 0.4) is 0 Å². The standard InChI is InChI=1S/C16H13ClN6O3S/c1-2-26-15(24)13-10(9(7-18)14(19)27-13)8-22-16(25)23(21-20-22)12-6-4-3-5-11(12)17/h3-6H,2,8,19H2,1H3. The number of hydrogen-bond donors (Lipinski definition) is 1. The van der Waals surface area contributed by atoms with Crippen LogP contribution in [0.15, 0.2) is 29.1 Å². The zero-order valence-corrected chi connectivity index (χ0v) is 15.6. The number of nitrogens with zero attached hydrogens (tertiary/aromatic N) is 5. The third-order valence-corrected chi connectivity index (χ3v) is 5.00. The molecule has 0 saturated heterocycles. The molecule has 27 heavy (non-hydrogen) atoms. The fourth-order valence-corrected chi connectivity index (χ4v) is 3.56. The van der Waals surface area contributed by atoms with Gasteiger partial charge in [0.2, 0.25) is 0 Å². The Morgan fingerprint density at radius 3 is 2.81 bits per heavy atom. The number of tetrazole rings is 1. The Morgan fingerprint density at radius 1 is 1.41 bits per heavy atom. The van der Waals surface area contributed by atoms with Crippen LogP contribution in [-0.4, -0.2) is 32.4 Å². The summed E-state index contributed by atoms with van der Waals surface area (Å²) in [6.07, 6.45) is 0. The van der Waals surface area contributed by atoms with Crippen LogP contribution in [0.4, 0.5) is 5.00 Å². The number of carbonyl (C=O) groups is 1. The number of aromatic nitrogens is 4. The van der Waals surface area contributed by atoms with E-state index in [1.165, 1.54) is 0 Å². The maximum atomic E-state index is 12.7. The molecule has 0 spiro atoms. The topological polar surface area (TPSA) is 129 Å². The summed E-state index contributed by atoms with van der Waals surface area (Å²) in [7, 11) is 0. The summed E-state index contributed by atoms with van der Waals surface area (Å²) in [6.45, 7) is 1.67. The zero-order valence-electron chi connectivity index (χ0n) is 14.0. The molecule has 2 aromatic heterocycles. The van der Waals surface area contributed by atoms with Gasteiger partial charge < -0.3 is 10.5 Å². The van der Waals surface area contributed by atoms with E-state index in [-0.39, 0.29) is 34.2 Å². The number of para-hydroxylation sites is 1. The van der Waals surface area contributed by atoms with Crippen LogP contribution in [0, 0.1) is 11.3 Å². The minimum absolute atomic E-state index is 0.113. The predicted molar refractivity (Wildman–Crippen MR) is 99.1 cm³/mol. The van der Waals surface area contributed by atoms with Crippen molar-refractivity contribution in [1.82, 2.24) is 19.8 Å². The number of nitrogens with two attached hydrogens (primary N) is 1. The van der Waals surface area contributed by atoms with E-state index in [2.05, 4.69) is 10.4 Å². The number of esters is 1. The first-order chi connectivity index (χ1) is 13.0. The highest BCUT2D eigenvalue weighted by Crippen LogP contribution is 2.31. The van der Waals surface area contributed by atoms with Gasteiger partial charge in [-0.25, -0.2) is 9.59 Å². The molecule has 0 aliphatic rings. The lowest BCUT2D eigenvalue weighted by Gasteiger charge is -2.04. The SMILES string of the molecule is CCOC(=O)c1sc(N)c(C#N)c1Cn1nnn(-c2ccccc2Cl)c1=O. The molecule has 11 heteroatoms. The van der Waals surface area contributed by atoms with E-state index in [1.54, 1.807) is 31.2 Å². The van der Waals surface area contributed by atoms with Gasteiger partial charge in [0.15, 0.2) is 0 Å². The van der Waals surface area contributed by atoms with E-state index in [0.29, 0.717) is 10.7 Å². The van der Waals surface area contributed by atoms with Crippen molar-refractivity contribution in [3.05, 3.63) is 55.8 Å². The van der Waals surface area contributed by atoms with E-state index >= 15 is 0 Å². The van der Waals surface area contributed by atoms with Crippen LogP contribution in [0.5, 0.6) is 0 Å². The Morgan fingerprint density at radius 2 is 2.15 bits per heavy atom. The normalized spacial score (nSPS) is 10.6. The molecule has 1 aromatic carbocycles. The van der Waals surface area contributed by atoms with E-state index in [4.69, 9.17) is 22.1 Å². The summed E-state index contributed by atoms with van der Waals surface area (Å²) in [5.41, 5.74) is 6.01. The minimum atomic E-state index is -0.614. The zero-order chi connectivity index (χ0) is 19.6. The predicted octanol–water partition coefficient (Wildman–Crippen LogP) is 1.82. The highest BCUT2D eigenvalue weighted by molar-refractivity contribution is 7.18. The van der Waals surface area contributed by atoms with Crippen LogP contribution in [0.1, 0.15) is 27.7 Å². The second-order valence-corrected chi connectivity index (χ2v) is 6.72. The highest BCUT2D eigenvalue weighted by Gasteiger charge is 2.24. The summed E-state index contributed by atoms with van der Waals surface area (Å²) in [4.78, 5) is 25.0. The summed E-state index contributed by atoms with van der Waals surface area (Å²) in [5, 5.41) is 17.5. The maximum Gasteiger partial charge on any atom is 0.368 e. The van der Waals surface area contributed by atoms with Crippen molar-refractivity contribution in [3.8, 4) is 11.8 Å². The fraction of sp³-hybridized carbons (Fsp3) is 0.188. The third kappa shape index (κ3) is 3.42. The molecule has 0 radical (unpaired) electrons. The molecular formula is C16H13ClN6O3S. The number of benzene rings is 1. The number of anilines is 1. The molecule has 0 aliphatic carbocycles. The quantitative estimate of drug-likeness (QED) is 0.642. The van der Waals surface area contributed by atoms with Gasteiger partial charge in [-0.05, 0) is 29.5 Å². The van der Waals surface area contributed by atoms with Crippen LogP contribution < -0.4 is 11.4 Å². The molecule has 2 N–H and O–H groups in total. The number of ether oxygens (including phenoxy) is 1. The summed E-state index contributed by atoms with van der Waals surface area (Å²) < 4.78 is 7.06. The Kier molecular flexibility index (Phi) is 5.25. The Bertz CT molecular complexity index is 1110. The van der Waals surface area contributed by atoms with Gasteiger partial charge in [0.25, 0.3) is 0 Å². The largest absolute Gasteiger partial charge is 0.462 e. The number of thiophene rings is 1. The molecular weight excluding hydrogens is 392 g/mol. The molecule has 0 bridgehead atoms. The van der Waals surface area contributed by atoms with Gasteiger partial charge in [0.05, 0.1) is 29.4 Å². The molecule has 138 valence electrons. The lowest BCUT2D eigenvalue weighted by atomic mass is 10.1. The molecule has 0 saturated carbocycles. The first-order valence-electron chi connectivity index (χ1n) is 7.74. The first kappa shape index (κ1) is 18.6. The summed E-state index contributed by atoms with van der Waals surface area (Å²) in [5.74, 6) is -0.614. The van der Waals surface area contributed by atoms with Crippen LogP contribution >= 0.6 is 22.9 Å². The third-order valence-electron chi connectivity index (χ3n) is 3.63. The molecule has 0 atom stereocenters. The number of hydrogen-bond acceptors (Lipinski definition) is 8. The van der Waals surface area contributed by atoms with Gasteiger partial charge in [-0.15, -0.1) is 11.3 Å². The number of nitrogen functional groups attached to an aromatic ring is 1. The molecule has 0 aliphatic heterocycles. The Labute approximate surface area is 162 Å². The van der Waals surface area contributed by atoms with Crippen molar-refractivity contribution in [3.63, 3.8) is 0 Å². The molecule has 3 aromatic rings. The monoisotopic (exact) mass is 404 g/mol. The summed E-state index contributed by atoms with van der Waals surface area (Å²) in [6, 6.07) is 8.63. The molecule has 2 heterocycles. The second-order valence-electron chi connectivity index (χ2n) is 5.26. The molecule has 0 unspecified atom stereocenters. The van der Waals surface area contributed by atoms with E-state index < -0.39 is 11.7 Å². The van der Waals surface area contributed by atoms with E-state index in [9.17, 15) is 14.9 Å². The maximum absolute atomic E-state index is 12.7. The lowest BCUT2D eigenvalue weighted by Crippen LogP contribution is -2.25. The average molecular weight is 405 g/mol. The first-order valence-corrected chi connectivity index (χ1v) is 8.93. The van der Waals surface area contributed by atoms with Crippen molar-refractivity contribution < 1.29 is 9.53 Å². The van der Waals surface area contributed by atoms with Gasteiger partial charge in [-0.3, -0.25) is 0 Å². The summed E-state index contributed by atoms with van der Waals surface area (Å²) >= 11 is 7.03. The van der Waals surface area contributed by atoms with Crippen molar-refractivity contribution >= 4 is 33.9 Å². The van der Waals surface area contributed by atoms with Crippen LogP contribution in [0.25, 0.3) is 5.69 Å². The molecule has 0 fully saturated rings. The van der Waals surface area contributed by atoms with Gasteiger partial charge in [-0.2, -0.15) is 14.6 Å². The van der Waals surface area contributed by atoms with E-state index in [0.717, 1.165) is 20.7 Å². The smallest absolute Gasteiger partial charge is 0.368 e. The highest BCUT2D eigenvalue weighted by atomic mass is 35.5. The average Bonchev–Trinajstić information content (AvgIpc) is 3.16. The molecule has 9 nitrogen and oxygen atoms in total. The molecule has 0 amide bonds. The molecule has 3 rings (SSSR count). The minimum Gasteiger partial charge on any atom is -0.462 e. The van der Waals surface area contributed by atoms with E-state index in [1.807, 2.05) is 6.07 Å². The number of carbonyl (C=O) groups excluding carboxylic acids is 1. The van der Waals surface area contributed by atoms with Crippen molar-refractivity contribution in [1.29, 1.82) is 5.26 Å². The Balaban J connectivity index is 2.05. The van der Waals surface area contributed by atoms with Crippen molar-refractivity contribution in [2.45, 2.75) is 13.5 Å². The van der Waals surface area contributed by atoms with Gasteiger partial charge >= 0.3 is 11.7 Å². The lowest BCUT2D eigenvalue weighted by molar-refractivity contribution is 0.0530. The number of rotatable bonds is 5. The van der Waals surface area contributed by atoms with Gasteiger partial charge in [-0.1, -0.05) is 23.7 Å². The van der Waals surface area contributed by atoms with Crippen LogP contribution in [0.2, 0.25) is 5.02 Å². The Hall–Kier alpha value is -3.16. The number of halogens is 1. The fourth-order valence-electron chi connectivity index (χ4n) is 2.42. The second kappa shape index (κ2) is 7.61. The van der Waals surface area contributed by atoms with Crippen molar-refractivity contribution in [2.24, 2.45) is 0 Å². The van der Waals surface area contributed by atoms with Crippen molar-refractivity contribution in [2.75, 3.05) is 12.3 Å². The van der Waals surface area contributed by atoms with Gasteiger partial charge in [0.1, 0.15) is 15.9 Å². The van der Waals surface area contributed by atoms with Gasteiger partial charge in [0, 0.05) is 5.56 Å². The van der Waals surface area contributed by atoms with Crippen LogP contribution in [-0.2, 0) is 11.3 Å². The number of nitriles is 1.